The summed E-state index contributed by atoms with van der Waals surface area (Å²) < 4.78 is 7.46. The number of amides is 1. The van der Waals surface area contributed by atoms with Gasteiger partial charge in [0.1, 0.15) is 17.6 Å². The molecule has 1 N–H and O–H groups in total. The Kier molecular flexibility index (Phi) is 5.15. The molecular formula is C23H25N3O2. The van der Waals surface area contributed by atoms with Crippen LogP contribution in [0, 0.1) is 0 Å². The Bertz CT molecular complexity index is 993. The van der Waals surface area contributed by atoms with Crippen molar-refractivity contribution in [2.24, 2.45) is 7.05 Å². The van der Waals surface area contributed by atoms with E-state index in [2.05, 4.69) is 16.4 Å². The van der Waals surface area contributed by atoms with Gasteiger partial charge < -0.3 is 14.6 Å². The van der Waals surface area contributed by atoms with Gasteiger partial charge in [0.05, 0.1) is 7.11 Å². The number of para-hydroxylation sites is 1. The van der Waals surface area contributed by atoms with Gasteiger partial charge in [-0.2, -0.15) is 0 Å². The summed E-state index contributed by atoms with van der Waals surface area (Å²) >= 11 is 0. The van der Waals surface area contributed by atoms with Crippen LogP contribution < -0.4 is 10.1 Å². The maximum absolute atomic E-state index is 13.1. The molecular weight excluding hydrogens is 350 g/mol. The number of carbonyl (C=O) groups excluding carboxylic acids is 1. The molecule has 1 atom stereocenters. The molecule has 0 saturated heterocycles. The summed E-state index contributed by atoms with van der Waals surface area (Å²) in [4.78, 5) is 17.6. The number of aromatic nitrogens is 2. The third-order valence-corrected chi connectivity index (χ3v) is 5.45. The minimum atomic E-state index is -0.403. The highest BCUT2D eigenvalue weighted by molar-refractivity contribution is 5.95. The highest BCUT2D eigenvalue weighted by atomic mass is 16.5. The van der Waals surface area contributed by atoms with Crippen molar-refractivity contribution in [2.45, 2.75) is 31.7 Å². The SMILES string of the molecule is COc1ccccc1C(NC(=O)c1ccc2c(c1)CCCC2)c1nccn1C. The summed E-state index contributed by atoms with van der Waals surface area (Å²) in [6, 6.07) is 13.4. The summed E-state index contributed by atoms with van der Waals surface area (Å²) in [5.41, 5.74) is 4.23. The number of imidazole rings is 1. The van der Waals surface area contributed by atoms with Crippen LogP contribution in [0.4, 0.5) is 0 Å². The number of fused-ring (bicyclic) bond motifs is 1. The van der Waals surface area contributed by atoms with Crippen molar-refractivity contribution >= 4 is 5.91 Å². The zero-order valence-corrected chi connectivity index (χ0v) is 16.3. The van der Waals surface area contributed by atoms with Gasteiger partial charge >= 0.3 is 0 Å². The summed E-state index contributed by atoms with van der Waals surface area (Å²) in [7, 11) is 3.56. The highest BCUT2D eigenvalue weighted by Crippen LogP contribution is 2.29. The van der Waals surface area contributed by atoms with Crippen molar-refractivity contribution in [3.63, 3.8) is 0 Å². The molecule has 1 aliphatic carbocycles. The van der Waals surface area contributed by atoms with E-state index in [1.807, 2.05) is 54.2 Å². The number of ether oxygens (including phenoxy) is 1. The van der Waals surface area contributed by atoms with E-state index in [4.69, 9.17) is 4.74 Å². The van der Waals surface area contributed by atoms with E-state index in [0.717, 1.165) is 30.0 Å². The van der Waals surface area contributed by atoms with Gasteiger partial charge in [-0.1, -0.05) is 24.3 Å². The molecule has 2 aromatic carbocycles. The number of rotatable bonds is 5. The first-order valence-electron chi connectivity index (χ1n) is 9.70. The topological polar surface area (TPSA) is 56.1 Å². The molecule has 0 radical (unpaired) electrons. The highest BCUT2D eigenvalue weighted by Gasteiger charge is 2.24. The first-order chi connectivity index (χ1) is 13.7. The lowest BCUT2D eigenvalue weighted by molar-refractivity contribution is 0.0940. The van der Waals surface area contributed by atoms with Crippen LogP contribution in [0.2, 0.25) is 0 Å². The van der Waals surface area contributed by atoms with Crippen LogP contribution in [0.25, 0.3) is 0 Å². The summed E-state index contributed by atoms with van der Waals surface area (Å²) in [6.07, 6.45) is 8.19. The van der Waals surface area contributed by atoms with Gasteiger partial charge in [-0.3, -0.25) is 4.79 Å². The quantitative estimate of drug-likeness (QED) is 0.737. The Morgan fingerprint density at radius 3 is 2.68 bits per heavy atom. The van der Waals surface area contributed by atoms with Gasteiger partial charge in [0.15, 0.2) is 0 Å². The number of nitrogens with one attached hydrogen (secondary N) is 1. The largest absolute Gasteiger partial charge is 0.496 e. The molecule has 0 aliphatic heterocycles. The van der Waals surface area contributed by atoms with Gasteiger partial charge in [0.25, 0.3) is 5.91 Å². The third-order valence-electron chi connectivity index (χ3n) is 5.45. The van der Waals surface area contributed by atoms with Gasteiger partial charge in [0, 0.05) is 30.6 Å². The molecule has 0 spiro atoms. The monoisotopic (exact) mass is 375 g/mol. The number of hydrogen-bond donors (Lipinski definition) is 1. The summed E-state index contributed by atoms with van der Waals surface area (Å²) in [6.45, 7) is 0. The number of methoxy groups -OCH3 is 1. The van der Waals surface area contributed by atoms with E-state index in [1.54, 1.807) is 13.3 Å². The number of benzene rings is 2. The predicted octanol–water partition coefficient (Wildman–Crippen LogP) is 3.83. The molecule has 4 rings (SSSR count). The fraction of sp³-hybridized carbons (Fsp3) is 0.304. The van der Waals surface area contributed by atoms with Crippen LogP contribution in [-0.4, -0.2) is 22.6 Å². The number of nitrogens with zero attached hydrogens (tertiary/aromatic N) is 2. The number of aryl methyl sites for hydroxylation is 3. The van der Waals surface area contributed by atoms with E-state index in [9.17, 15) is 4.79 Å². The van der Waals surface area contributed by atoms with Crippen molar-refractivity contribution in [2.75, 3.05) is 7.11 Å². The molecule has 3 aromatic rings. The Morgan fingerprint density at radius 2 is 1.93 bits per heavy atom. The lowest BCUT2D eigenvalue weighted by atomic mass is 9.90. The smallest absolute Gasteiger partial charge is 0.252 e. The van der Waals surface area contributed by atoms with Crippen LogP contribution in [0.1, 0.15) is 51.8 Å². The molecule has 1 unspecified atom stereocenters. The zero-order chi connectivity index (χ0) is 19.5. The molecule has 1 aliphatic rings. The van der Waals surface area contributed by atoms with Gasteiger partial charge in [-0.25, -0.2) is 4.98 Å². The average molecular weight is 375 g/mol. The normalized spacial score (nSPS) is 14.2. The molecule has 144 valence electrons. The van der Waals surface area contributed by atoms with Gasteiger partial charge in [-0.15, -0.1) is 0 Å². The predicted molar refractivity (Wildman–Crippen MR) is 109 cm³/mol. The van der Waals surface area contributed by atoms with Crippen LogP contribution in [0.15, 0.2) is 54.9 Å². The maximum Gasteiger partial charge on any atom is 0.252 e. The van der Waals surface area contributed by atoms with Crippen LogP contribution in [-0.2, 0) is 19.9 Å². The molecule has 5 nitrogen and oxygen atoms in total. The second-order valence-electron chi connectivity index (χ2n) is 7.24. The Balaban J connectivity index is 1.68. The molecule has 1 amide bonds. The molecule has 1 aromatic heterocycles. The molecule has 0 fully saturated rings. The van der Waals surface area contributed by atoms with Crippen molar-refractivity contribution in [1.29, 1.82) is 0 Å². The van der Waals surface area contributed by atoms with Gasteiger partial charge in [-0.05, 0) is 55.0 Å². The molecule has 1 heterocycles. The molecule has 28 heavy (non-hydrogen) atoms. The van der Waals surface area contributed by atoms with Crippen molar-refractivity contribution in [1.82, 2.24) is 14.9 Å². The first kappa shape index (κ1) is 18.3. The lowest BCUT2D eigenvalue weighted by Gasteiger charge is -2.22. The Morgan fingerprint density at radius 1 is 1.14 bits per heavy atom. The van der Waals surface area contributed by atoms with Crippen LogP contribution in [0.3, 0.4) is 0 Å². The fourth-order valence-corrected chi connectivity index (χ4v) is 3.93. The van der Waals surface area contributed by atoms with Crippen LogP contribution >= 0.6 is 0 Å². The van der Waals surface area contributed by atoms with Crippen LogP contribution in [0.5, 0.6) is 5.75 Å². The van der Waals surface area contributed by atoms with E-state index in [1.165, 1.54) is 24.0 Å². The Hall–Kier alpha value is -3.08. The average Bonchev–Trinajstić information content (AvgIpc) is 3.17. The van der Waals surface area contributed by atoms with Crippen molar-refractivity contribution in [3.05, 3.63) is 82.9 Å². The van der Waals surface area contributed by atoms with E-state index in [-0.39, 0.29) is 5.91 Å². The second kappa shape index (κ2) is 7.89. The minimum Gasteiger partial charge on any atom is -0.496 e. The van der Waals surface area contributed by atoms with Gasteiger partial charge in [0.2, 0.25) is 0 Å². The minimum absolute atomic E-state index is 0.104. The fourth-order valence-electron chi connectivity index (χ4n) is 3.93. The maximum atomic E-state index is 13.1. The molecule has 0 saturated carbocycles. The lowest BCUT2D eigenvalue weighted by Crippen LogP contribution is -2.31. The van der Waals surface area contributed by atoms with Crippen molar-refractivity contribution < 1.29 is 9.53 Å². The molecule has 0 bridgehead atoms. The standard InChI is InChI=1S/C23H25N3O2/c1-26-14-13-24-22(26)21(19-9-5-6-10-20(19)28-2)25-23(27)18-12-11-16-7-3-4-8-17(16)15-18/h5-6,9-15,21H,3-4,7-8H2,1-2H3,(H,25,27). The summed E-state index contributed by atoms with van der Waals surface area (Å²) in [5, 5.41) is 3.17. The zero-order valence-electron chi connectivity index (χ0n) is 16.3. The number of carbonyl (C=O) groups is 1. The third kappa shape index (κ3) is 3.52. The van der Waals surface area contributed by atoms with Crippen molar-refractivity contribution in [3.8, 4) is 5.75 Å². The van der Waals surface area contributed by atoms with E-state index < -0.39 is 6.04 Å². The van der Waals surface area contributed by atoms with E-state index in [0.29, 0.717) is 5.56 Å². The number of hydrogen-bond acceptors (Lipinski definition) is 3. The Labute approximate surface area is 165 Å². The van der Waals surface area contributed by atoms with E-state index >= 15 is 0 Å². The first-order valence-corrected chi connectivity index (χ1v) is 9.70. The summed E-state index contributed by atoms with van der Waals surface area (Å²) in [5.74, 6) is 1.38. The molecule has 5 heteroatoms. The second-order valence-corrected chi connectivity index (χ2v) is 7.24.